The minimum atomic E-state index is 0.341. The third-order valence-corrected chi connectivity index (χ3v) is 3.53. The van der Waals surface area contributed by atoms with Crippen molar-refractivity contribution in [2.24, 2.45) is 0 Å². The van der Waals surface area contributed by atoms with E-state index in [0.29, 0.717) is 6.04 Å². The number of rotatable bonds is 6. The molecule has 2 aromatic rings. The molecule has 0 aliphatic heterocycles. The first kappa shape index (κ1) is 13.8. The van der Waals surface area contributed by atoms with Crippen molar-refractivity contribution < 1.29 is 0 Å². The van der Waals surface area contributed by atoms with Gasteiger partial charge in [-0.25, -0.2) is 4.98 Å². The Morgan fingerprint density at radius 2 is 2.11 bits per heavy atom. The number of nitrogens with zero attached hydrogens (tertiary/aromatic N) is 2. The van der Waals surface area contributed by atoms with Crippen molar-refractivity contribution in [2.45, 2.75) is 39.8 Å². The lowest BCUT2D eigenvalue weighted by Crippen LogP contribution is -2.26. The monoisotopic (exact) mass is 257 g/mol. The molecule has 3 nitrogen and oxygen atoms in total. The van der Waals surface area contributed by atoms with E-state index < -0.39 is 0 Å². The third-order valence-electron chi connectivity index (χ3n) is 3.53. The molecule has 0 bridgehead atoms. The van der Waals surface area contributed by atoms with Crippen molar-refractivity contribution in [2.75, 3.05) is 6.54 Å². The fourth-order valence-electron chi connectivity index (χ4n) is 2.19. The van der Waals surface area contributed by atoms with E-state index in [2.05, 4.69) is 53.8 Å². The second kappa shape index (κ2) is 6.53. The summed E-state index contributed by atoms with van der Waals surface area (Å²) in [5, 5.41) is 3.62. The first-order chi connectivity index (χ1) is 9.20. The zero-order valence-corrected chi connectivity index (χ0v) is 12.1. The number of benzene rings is 1. The summed E-state index contributed by atoms with van der Waals surface area (Å²) < 4.78 is 2.13. The fraction of sp³-hybridized carbons (Fsp3) is 0.438. The molecule has 3 heteroatoms. The minimum absolute atomic E-state index is 0.341. The molecule has 0 aliphatic rings. The zero-order valence-electron chi connectivity index (χ0n) is 12.1. The Balaban J connectivity index is 2.18. The summed E-state index contributed by atoms with van der Waals surface area (Å²) in [4.78, 5) is 4.12. The largest absolute Gasteiger partial charge is 0.336 e. The molecule has 1 aromatic carbocycles. The van der Waals surface area contributed by atoms with E-state index in [1.165, 1.54) is 16.7 Å². The maximum Gasteiger partial charge on any atom is 0.0946 e. The van der Waals surface area contributed by atoms with Crippen LogP contribution >= 0.6 is 0 Å². The molecule has 0 saturated heterocycles. The van der Waals surface area contributed by atoms with Gasteiger partial charge in [-0.3, -0.25) is 0 Å². The summed E-state index contributed by atoms with van der Waals surface area (Å²) in [6, 6.07) is 7.07. The molecule has 1 aromatic heterocycles. The van der Waals surface area contributed by atoms with E-state index >= 15 is 0 Å². The quantitative estimate of drug-likeness (QED) is 0.861. The van der Waals surface area contributed by atoms with E-state index in [4.69, 9.17) is 0 Å². The number of nitrogens with one attached hydrogen (secondary N) is 1. The van der Waals surface area contributed by atoms with Gasteiger partial charge in [0.15, 0.2) is 0 Å². The first-order valence-corrected chi connectivity index (χ1v) is 6.97. The van der Waals surface area contributed by atoms with Gasteiger partial charge >= 0.3 is 0 Å². The van der Waals surface area contributed by atoms with E-state index in [9.17, 15) is 0 Å². The van der Waals surface area contributed by atoms with Crippen LogP contribution in [-0.2, 0) is 6.54 Å². The van der Waals surface area contributed by atoms with Crippen molar-refractivity contribution in [3.05, 3.63) is 53.6 Å². The number of imidazole rings is 1. The van der Waals surface area contributed by atoms with E-state index in [1.807, 2.05) is 18.7 Å². The summed E-state index contributed by atoms with van der Waals surface area (Å²) in [5.41, 5.74) is 4.05. The molecule has 0 spiro atoms. The van der Waals surface area contributed by atoms with Crippen LogP contribution < -0.4 is 5.32 Å². The number of hydrogen-bond donors (Lipinski definition) is 1. The van der Waals surface area contributed by atoms with Crippen LogP contribution in [0.4, 0.5) is 0 Å². The third kappa shape index (κ3) is 3.67. The SMILES string of the molecule is CCCNC(Cn1ccnc1)c1ccc(C)c(C)c1. The Bertz CT molecular complexity index is 503. The van der Waals surface area contributed by atoms with Crippen molar-refractivity contribution in [3.8, 4) is 0 Å². The smallest absolute Gasteiger partial charge is 0.0946 e. The normalized spacial score (nSPS) is 12.6. The molecule has 19 heavy (non-hydrogen) atoms. The van der Waals surface area contributed by atoms with Gasteiger partial charge in [0.1, 0.15) is 0 Å². The minimum Gasteiger partial charge on any atom is -0.336 e. The summed E-state index contributed by atoms with van der Waals surface area (Å²) in [6.07, 6.45) is 6.87. The van der Waals surface area contributed by atoms with Gasteiger partial charge in [-0.1, -0.05) is 25.1 Å². The summed E-state index contributed by atoms with van der Waals surface area (Å²) in [5.74, 6) is 0. The Morgan fingerprint density at radius 3 is 2.74 bits per heavy atom. The standard InChI is InChI=1S/C16H23N3/c1-4-7-18-16(11-19-9-8-17-12-19)15-6-5-13(2)14(3)10-15/h5-6,8-10,12,16,18H,4,7,11H2,1-3H3. The lowest BCUT2D eigenvalue weighted by molar-refractivity contribution is 0.462. The van der Waals surface area contributed by atoms with Crippen LogP contribution in [-0.4, -0.2) is 16.1 Å². The molecule has 0 aliphatic carbocycles. The Morgan fingerprint density at radius 1 is 1.26 bits per heavy atom. The Kier molecular flexibility index (Phi) is 4.74. The molecule has 1 atom stereocenters. The van der Waals surface area contributed by atoms with Crippen molar-refractivity contribution >= 4 is 0 Å². The highest BCUT2D eigenvalue weighted by Gasteiger charge is 2.11. The van der Waals surface area contributed by atoms with E-state index in [0.717, 1.165) is 19.5 Å². The average molecular weight is 257 g/mol. The van der Waals surface area contributed by atoms with Crippen molar-refractivity contribution in [3.63, 3.8) is 0 Å². The first-order valence-electron chi connectivity index (χ1n) is 6.97. The van der Waals surface area contributed by atoms with Gasteiger partial charge in [0, 0.05) is 18.9 Å². The molecule has 0 radical (unpaired) electrons. The summed E-state index contributed by atoms with van der Waals surface area (Å²) in [6.45, 7) is 8.48. The molecule has 0 fully saturated rings. The fourth-order valence-corrected chi connectivity index (χ4v) is 2.19. The van der Waals surface area contributed by atoms with Crippen molar-refractivity contribution in [1.29, 1.82) is 0 Å². The van der Waals surface area contributed by atoms with Crippen LogP contribution in [0.15, 0.2) is 36.9 Å². The Hall–Kier alpha value is -1.61. The van der Waals surface area contributed by atoms with Gasteiger partial charge in [0.25, 0.3) is 0 Å². The van der Waals surface area contributed by atoms with Crippen LogP contribution in [0.25, 0.3) is 0 Å². The molecular formula is C16H23N3. The van der Waals surface area contributed by atoms with Crippen LogP contribution in [0.2, 0.25) is 0 Å². The summed E-state index contributed by atoms with van der Waals surface area (Å²) >= 11 is 0. The molecule has 1 heterocycles. The highest BCUT2D eigenvalue weighted by Crippen LogP contribution is 2.19. The van der Waals surface area contributed by atoms with E-state index in [-0.39, 0.29) is 0 Å². The molecule has 1 N–H and O–H groups in total. The van der Waals surface area contributed by atoms with Crippen LogP contribution in [0.5, 0.6) is 0 Å². The maximum absolute atomic E-state index is 4.12. The second-order valence-electron chi connectivity index (χ2n) is 5.11. The lowest BCUT2D eigenvalue weighted by Gasteiger charge is -2.20. The summed E-state index contributed by atoms with van der Waals surface area (Å²) in [7, 11) is 0. The molecule has 2 rings (SSSR count). The van der Waals surface area contributed by atoms with E-state index in [1.54, 1.807) is 0 Å². The van der Waals surface area contributed by atoms with Gasteiger partial charge in [-0.15, -0.1) is 0 Å². The van der Waals surface area contributed by atoms with Gasteiger partial charge in [-0.05, 0) is 43.5 Å². The molecule has 0 amide bonds. The highest BCUT2D eigenvalue weighted by atomic mass is 15.1. The van der Waals surface area contributed by atoms with Crippen LogP contribution in [0, 0.1) is 13.8 Å². The average Bonchev–Trinajstić information content (AvgIpc) is 2.91. The molecule has 102 valence electrons. The Labute approximate surface area is 115 Å². The molecular weight excluding hydrogens is 234 g/mol. The predicted octanol–water partition coefficient (Wildman–Crippen LogP) is 3.24. The second-order valence-corrected chi connectivity index (χ2v) is 5.11. The van der Waals surface area contributed by atoms with Crippen molar-refractivity contribution in [1.82, 2.24) is 14.9 Å². The van der Waals surface area contributed by atoms with Crippen LogP contribution in [0.3, 0.4) is 0 Å². The predicted molar refractivity (Wildman–Crippen MR) is 79.2 cm³/mol. The maximum atomic E-state index is 4.12. The topological polar surface area (TPSA) is 29.9 Å². The number of aromatic nitrogens is 2. The zero-order chi connectivity index (χ0) is 13.7. The van der Waals surface area contributed by atoms with Gasteiger partial charge in [0.2, 0.25) is 0 Å². The molecule has 1 unspecified atom stereocenters. The highest BCUT2D eigenvalue weighted by molar-refractivity contribution is 5.31. The van der Waals surface area contributed by atoms with Gasteiger partial charge < -0.3 is 9.88 Å². The van der Waals surface area contributed by atoms with Gasteiger partial charge in [0.05, 0.1) is 12.4 Å². The van der Waals surface area contributed by atoms with Crippen LogP contribution in [0.1, 0.15) is 36.1 Å². The lowest BCUT2D eigenvalue weighted by atomic mass is 10.0. The van der Waals surface area contributed by atoms with Gasteiger partial charge in [-0.2, -0.15) is 0 Å². The molecule has 0 saturated carbocycles. The number of hydrogen-bond acceptors (Lipinski definition) is 2. The number of aryl methyl sites for hydroxylation is 2.